The molecule has 0 spiro atoms. The van der Waals surface area contributed by atoms with Crippen LogP contribution >= 0.6 is 0 Å². The Bertz CT molecular complexity index is 861. The first-order chi connectivity index (χ1) is 13.6. The number of methoxy groups -OCH3 is 1. The Hall–Kier alpha value is -3.21. The average molecular weight is 377 g/mol. The molecular formula is C23H23NO4. The van der Waals surface area contributed by atoms with Gasteiger partial charge < -0.3 is 9.47 Å². The quantitative estimate of drug-likeness (QED) is 0.568. The highest BCUT2D eigenvalue weighted by Gasteiger charge is 2.45. The molecule has 0 aliphatic heterocycles. The molecule has 2 aromatic carbocycles. The van der Waals surface area contributed by atoms with E-state index in [-0.39, 0.29) is 19.4 Å². The molecule has 0 saturated carbocycles. The van der Waals surface area contributed by atoms with Crippen LogP contribution in [-0.4, -0.2) is 36.9 Å². The van der Waals surface area contributed by atoms with Crippen LogP contribution in [0.1, 0.15) is 30.9 Å². The molecule has 1 atom stereocenters. The fourth-order valence-corrected chi connectivity index (χ4v) is 3.31. The lowest BCUT2D eigenvalue weighted by Crippen LogP contribution is -2.37. The largest absolute Gasteiger partial charge is 0.467 e. The molecule has 0 radical (unpaired) electrons. The summed E-state index contributed by atoms with van der Waals surface area (Å²) < 4.78 is 10.2. The first kappa shape index (κ1) is 19.5. The van der Waals surface area contributed by atoms with Crippen molar-refractivity contribution in [3.63, 3.8) is 0 Å². The average Bonchev–Trinajstić information content (AvgIpc) is 3.18. The summed E-state index contributed by atoms with van der Waals surface area (Å²) in [4.78, 5) is 29.8. The molecule has 0 N–H and O–H groups in total. The zero-order chi connectivity index (χ0) is 20.0. The fraction of sp³-hybridized carbons (Fsp3) is 0.261. The van der Waals surface area contributed by atoms with Crippen molar-refractivity contribution >= 4 is 17.7 Å². The number of benzene rings is 2. The van der Waals surface area contributed by atoms with E-state index >= 15 is 0 Å². The second-order valence-corrected chi connectivity index (χ2v) is 6.55. The fourth-order valence-electron chi connectivity index (χ4n) is 3.31. The van der Waals surface area contributed by atoms with Crippen molar-refractivity contribution in [2.45, 2.75) is 25.3 Å². The summed E-state index contributed by atoms with van der Waals surface area (Å²) in [5.41, 5.74) is 1.74. The summed E-state index contributed by atoms with van der Waals surface area (Å²) in [6.07, 6.45) is 2.17. The Kier molecular flexibility index (Phi) is 6.04. The normalized spacial score (nSPS) is 18.1. The topological polar surface area (TPSA) is 65.0 Å². The first-order valence-corrected chi connectivity index (χ1v) is 9.25. The van der Waals surface area contributed by atoms with Crippen LogP contribution < -0.4 is 0 Å². The number of aliphatic imine (C=N–C) groups is 1. The molecule has 0 saturated heterocycles. The van der Waals surface area contributed by atoms with E-state index < -0.39 is 17.5 Å². The van der Waals surface area contributed by atoms with Crippen molar-refractivity contribution in [1.29, 1.82) is 0 Å². The van der Waals surface area contributed by atoms with Gasteiger partial charge in [0.15, 0.2) is 5.54 Å². The van der Waals surface area contributed by atoms with Crippen LogP contribution in [0.3, 0.4) is 0 Å². The van der Waals surface area contributed by atoms with Crippen LogP contribution in [0.5, 0.6) is 0 Å². The molecule has 1 aliphatic carbocycles. The Morgan fingerprint density at radius 3 is 2.07 bits per heavy atom. The van der Waals surface area contributed by atoms with Crippen molar-refractivity contribution < 1.29 is 19.1 Å². The zero-order valence-corrected chi connectivity index (χ0v) is 16.1. The lowest BCUT2D eigenvalue weighted by molar-refractivity contribution is -0.146. The predicted octanol–water partition coefficient (Wildman–Crippen LogP) is 3.72. The minimum Gasteiger partial charge on any atom is -0.467 e. The number of hydrogen-bond donors (Lipinski definition) is 0. The molecule has 1 aliphatic rings. The molecule has 0 unspecified atom stereocenters. The van der Waals surface area contributed by atoms with Crippen molar-refractivity contribution in [1.82, 2.24) is 0 Å². The van der Waals surface area contributed by atoms with Gasteiger partial charge in [-0.15, -0.1) is 0 Å². The lowest BCUT2D eigenvalue weighted by atomic mass is 9.93. The number of hydrogen-bond acceptors (Lipinski definition) is 5. The molecule has 5 heteroatoms. The van der Waals surface area contributed by atoms with E-state index in [0.29, 0.717) is 11.3 Å². The lowest BCUT2D eigenvalue weighted by Gasteiger charge is -2.24. The highest BCUT2D eigenvalue weighted by atomic mass is 16.5. The Labute approximate surface area is 164 Å². The molecule has 5 nitrogen and oxygen atoms in total. The van der Waals surface area contributed by atoms with Crippen LogP contribution in [0.2, 0.25) is 0 Å². The van der Waals surface area contributed by atoms with Crippen LogP contribution in [0.15, 0.2) is 77.3 Å². The van der Waals surface area contributed by atoms with E-state index in [1.807, 2.05) is 60.7 Å². The maximum atomic E-state index is 12.7. The van der Waals surface area contributed by atoms with Gasteiger partial charge in [-0.1, -0.05) is 66.7 Å². The van der Waals surface area contributed by atoms with Gasteiger partial charge in [-0.05, 0) is 6.92 Å². The molecule has 0 fully saturated rings. The van der Waals surface area contributed by atoms with E-state index in [4.69, 9.17) is 14.5 Å². The van der Waals surface area contributed by atoms with Crippen molar-refractivity contribution in [2.24, 2.45) is 4.99 Å². The number of rotatable bonds is 6. The minimum atomic E-state index is -1.18. The molecular weight excluding hydrogens is 354 g/mol. The van der Waals surface area contributed by atoms with Gasteiger partial charge in [0.1, 0.15) is 0 Å². The van der Waals surface area contributed by atoms with E-state index in [0.717, 1.165) is 11.1 Å². The number of ether oxygens (including phenoxy) is 2. The molecule has 0 amide bonds. The van der Waals surface area contributed by atoms with Gasteiger partial charge in [-0.2, -0.15) is 0 Å². The van der Waals surface area contributed by atoms with Gasteiger partial charge in [0, 0.05) is 29.5 Å². The molecule has 3 rings (SSSR count). The number of carbonyl (C=O) groups excluding carboxylic acids is 2. The monoisotopic (exact) mass is 377 g/mol. The van der Waals surface area contributed by atoms with Gasteiger partial charge in [0.05, 0.1) is 19.4 Å². The summed E-state index contributed by atoms with van der Waals surface area (Å²) in [6.45, 7) is 2.03. The van der Waals surface area contributed by atoms with Gasteiger partial charge >= 0.3 is 11.9 Å². The molecule has 0 bridgehead atoms. The van der Waals surface area contributed by atoms with Crippen LogP contribution in [0, 0.1) is 0 Å². The van der Waals surface area contributed by atoms with Crippen LogP contribution in [0.25, 0.3) is 0 Å². The highest BCUT2D eigenvalue weighted by Crippen LogP contribution is 2.36. The van der Waals surface area contributed by atoms with E-state index in [9.17, 15) is 9.59 Å². The van der Waals surface area contributed by atoms with E-state index in [1.54, 1.807) is 13.0 Å². The van der Waals surface area contributed by atoms with Gasteiger partial charge in [-0.25, -0.2) is 9.59 Å². The van der Waals surface area contributed by atoms with E-state index in [1.165, 1.54) is 7.11 Å². The Morgan fingerprint density at radius 1 is 1.00 bits per heavy atom. The number of nitrogens with zero attached hydrogens (tertiary/aromatic N) is 1. The third-order valence-corrected chi connectivity index (χ3v) is 4.69. The first-order valence-electron chi connectivity index (χ1n) is 9.25. The maximum Gasteiger partial charge on any atom is 0.334 e. The molecule has 2 aromatic rings. The molecule has 0 heterocycles. The summed E-state index contributed by atoms with van der Waals surface area (Å²) in [6, 6.07) is 19.4. The summed E-state index contributed by atoms with van der Waals surface area (Å²) in [7, 11) is 1.34. The van der Waals surface area contributed by atoms with Crippen molar-refractivity contribution in [3.05, 3.63) is 83.4 Å². The number of carbonyl (C=O) groups is 2. The van der Waals surface area contributed by atoms with Crippen molar-refractivity contribution in [3.8, 4) is 0 Å². The third kappa shape index (κ3) is 4.03. The Morgan fingerprint density at radius 2 is 1.57 bits per heavy atom. The summed E-state index contributed by atoms with van der Waals surface area (Å²) >= 11 is 0. The minimum absolute atomic E-state index is 0.154. The smallest absolute Gasteiger partial charge is 0.334 e. The molecule has 144 valence electrons. The predicted molar refractivity (Wildman–Crippen MR) is 107 cm³/mol. The van der Waals surface area contributed by atoms with Crippen LogP contribution in [0.4, 0.5) is 0 Å². The highest BCUT2D eigenvalue weighted by molar-refractivity contribution is 6.14. The third-order valence-electron chi connectivity index (χ3n) is 4.69. The standard InChI is InChI=1S/C23H23NO4/c1-3-28-21(25)19-14-15-23(16-19,22(26)27-2)24-20(17-10-6-4-7-11-17)18-12-8-5-9-13-18/h4-14H,3,15-16H2,1-2H3/t23-/m1/s1. The second-order valence-electron chi connectivity index (χ2n) is 6.55. The summed E-state index contributed by atoms with van der Waals surface area (Å²) in [5, 5.41) is 0. The Balaban J connectivity index is 2.07. The van der Waals surface area contributed by atoms with Crippen LogP contribution in [-0.2, 0) is 19.1 Å². The summed E-state index contributed by atoms with van der Waals surface area (Å²) in [5.74, 6) is -0.878. The van der Waals surface area contributed by atoms with Gasteiger partial charge in [-0.3, -0.25) is 4.99 Å². The number of esters is 2. The van der Waals surface area contributed by atoms with Gasteiger partial charge in [0.25, 0.3) is 0 Å². The molecule has 28 heavy (non-hydrogen) atoms. The SMILES string of the molecule is CCOC(=O)C1=CC[C@](N=C(c2ccccc2)c2ccccc2)(C(=O)OC)C1. The maximum absolute atomic E-state index is 12.7. The zero-order valence-electron chi connectivity index (χ0n) is 16.1. The van der Waals surface area contributed by atoms with Crippen molar-refractivity contribution in [2.75, 3.05) is 13.7 Å². The van der Waals surface area contributed by atoms with Gasteiger partial charge in [0.2, 0.25) is 0 Å². The second kappa shape index (κ2) is 8.65. The van der Waals surface area contributed by atoms with E-state index in [2.05, 4.69) is 0 Å². The molecule has 0 aromatic heterocycles.